The van der Waals surface area contributed by atoms with E-state index in [1.165, 1.54) is 17.0 Å². The molecule has 2 rings (SSSR count). The molecule has 2 amide bonds. The molecule has 0 fully saturated rings. The van der Waals surface area contributed by atoms with Crippen LogP contribution in [-0.4, -0.2) is 57.3 Å². The maximum Gasteiger partial charge on any atom is 0.269 e. The molecule has 2 N–H and O–H groups in total. The number of benzene rings is 1. The van der Waals surface area contributed by atoms with Crippen LogP contribution in [0.5, 0.6) is 0 Å². The number of likely N-dealkylation sites (N-methyl/N-ethyl adjacent to an activating group) is 1. The average molecular weight is 354 g/mol. The number of fused-ring (bicyclic) bond motifs is 1. The van der Waals surface area contributed by atoms with Crippen molar-refractivity contribution in [2.24, 2.45) is 0 Å². The molecule has 0 saturated carbocycles. The molecular formula is C16H24N3O4S+. The van der Waals surface area contributed by atoms with Gasteiger partial charge in [-0.2, -0.15) is 0 Å². The third kappa shape index (κ3) is 3.76. The first-order valence-corrected chi connectivity index (χ1v) is 9.62. The van der Waals surface area contributed by atoms with E-state index in [0.717, 1.165) is 23.9 Å². The molecule has 7 nitrogen and oxygen atoms in total. The van der Waals surface area contributed by atoms with Crippen LogP contribution in [0.25, 0.3) is 0 Å². The maximum atomic E-state index is 12.4. The molecule has 0 bridgehead atoms. The number of carbonyl (C=O) groups is 2. The molecule has 0 spiro atoms. The third-order valence-electron chi connectivity index (χ3n) is 4.25. The number of nitrogens with one attached hydrogen (secondary N) is 2. The third-order valence-corrected chi connectivity index (χ3v) is 6.10. The van der Waals surface area contributed by atoms with Gasteiger partial charge in [0.2, 0.25) is 5.91 Å². The largest absolute Gasteiger partial charge is 0.350 e. The highest BCUT2D eigenvalue weighted by atomic mass is 32.2. The summed E-state index contributed by atoms with van der Waals surface area (Å²) in [6.07, 6.45) is -0.0352. The molecular weight excluding hydrogens is 330 g/mol. The van der Waals surface area contributed by atoms with Crippen molar-refractivity contribution in [1.82, 2.24) is 9.62 Å². The average Bonchev–Trinajstić information content (AvgIpc) is 2.77. The summed E-state index contributed by atoms with van der Waals surface area (Å²) in [6.45, 7) is 7.38. The fraction of sp³-hybridized carbons (Fsp3) is 0.500. The molecule has 1 heterocycles. The Balaban J connectivity index is 1.89. The predicted octanol–water partition coefficient (Wildman–Crippen LogP) is -0.738. The van der Waals surface area contributed by atoms with E-state index >= 15 is 0 Å². The summed E-state index contributed by atoms with van der Waals surface area (Å²) in [6, 6.07) is 6.10. The van der Waals surface area contributed by atoms with Crippen molar-refractivity contribution < 1.29 is 22.9 Å². The van der Waals surface area contributed by atoms with E-state index < -0.39 is 15.9 Å². The van der Waals surface area contributed by atoms with Crippen molar-refractivity contribution in [3.8, 4) is 0 Å². The lowest BCUT2D eigenvalue weighted by Crippen LogP contribution is -3.12. The highest BCUT2D eigenvalue weighted by molar-refractivity contribution is 7.90. The highest BCUT2D eigenvalue weighted by Crippen LogP contribution is 2.29. The van der Waals surface area contributed by atoms with E-state index in [-0.39, 0.29) is 29.3 Å². The molecule has 0 aliphatic carbocycles. The highest BCUT2D eigenvalue weighted by Gasteiger charge is 2.40. The van der Waals surface area contributed by atoms with E-state index in [1.807, 2.05) is 0 Å². The van der Waals surface area contributed by atoms with Gasteiger partial charge in [0.05, 0.1) is 31.7 Å². The minimum Gasteiger partial charge on any atom is -0.350 e. The second-order valence-corrected chi connectivity index (χ2v) is 7.52. The zero-order valence-corrected chi connectivity index (χ0v) is 14.9. The number of quaternary nitrogens is 1. The van der Waals surface area contributed by atoms with Gasteiger partial charge in [-0.15, -0.1) is 0 Å². The number of amides is 2. The van der Waals surface area contributed by atoms with Gasteiger partial charge in [-0.3, -0.25) is 9.59 Å². The van der Waals surface area contributed by atoms with Crippen LogP contribution < -0.4 is 10.2 Å². The summed E-state index contributed by atoms with van der Waals surface area (Å²) in [4.78, 5) is 25.5. The Bertz CT molecular complexity index is 714. The molecule has 0 radical (unpaired) electrons. The molecule has 1 aromatic rings. The molecule has 0 aromatic heterocycles. The van der Waals surface area contributed by atoms with Crippen LogP contribution in [0.2, 0.25) is 0 Å². The van der Waals surface area contributed by atoms with Gasteiger partial charge in [0.25, 0.3) is 15.9 Å². The van der Waals surface area contributed by atoms with Crippen molar-refractivity contribution in [1.29, 1.82) is 0 Å². The smallest absolute Gasteiger partial charge is 0.269 e. The van der Waals surface area contributed by atoms with Crippen LogP contribution in [0, 0.1) is 0 Å². The SMILES string of the molecule is CC[NH+](CC)CCNC(=O)CCN1C(=O)c2ccccc2S1(=O)=O. The summed E-state index contributed by atoms with van der Waals surface area (Å²) >= 11 is 0. The van der Waals surface area contributed by atoms with Gasteiger partial charge >= 0.3 is 0 Å². The van der Waals surface area contributed by atoms with Gasteiger partial charge in [-0.25, -0.2) is 12.7 Å². The lowest BCUT2D eigenvalue weighted by Gasteiger charge is -2.17. The Kier molecular flexibility index (Phi) is 5.95. The normalized spacial score (nSPS) is 15.6. The predicted molar refractivity (Wildman–Crippen MR) is 89.2 cm³/mol. The summed E-state index contributed by atoms with van der Waals surface area (Å²) in [7, 11) is -3.83. The van der Waals surface area contributed by atoms with Gasteiger partial charge in [-0.05, 0) is 26.0 Å². The minimum absolute atomic E-state index is 0.0144. The maximum absolute atomic E-state index is 12.4. The first kappa shape index (κ1) is 18.4. The van der Waals surface area contributed by atoms with Crippen LogP contribution >= 0.6 is 0 Å². The van der Waals surface area contributed by atoms with E-state index in [9.17, 15) is 18.0 Å². The van der Waals surface area contributed by atoms with Gasteiger partial charge in [-0.1, -0.05) is 12.1 Å². The molecule has 1 aromatic carbocycles. The molecule has 0 atom stereocenters. The van der Waals surface area contributed by atoms with Crippen LogP contribution in [-0.2, 0) is 14.8 Å². The first-order chi connectivity index (χ1) is 11.4. The lowest BCUT2D eigenvalue weighted by molar-refractivity contribution is -0.895. The molecule has 8 heteroatoms. The topological polar surface area (TPSA) is 88.0 Å². The fourth-order valence-electron chi connectivity index (χ4n) is 2.73. The molecule has 0 unspecified atom stereocenters. The van der Waals surface area contributed by atoms with Crippen LogP contribution in [0.15, 0.2) is 29.2 Å². The van der Waals surface area contributed by atoms with Crippen LogP contribution in [0.1, 0.15) is 30.6 Å². The Morgan fingerprint density at radius 3 is 2.50 bits per heavy atom. The Morgan fingerprint density at radius 2 is 1.88 bits per heavy atom. The molecule has 1 aliphatic heterocycles. The molecule has 1 aliphatic rings. The van der Waals surface area contributed by atoms with E-state index in [4.69, 9.17) is 0 Å². The number of hydrogen-bond donors (Lipinski definition) is 2. The second kappa shape index (κ2) is 7.76. The number of rotatable bonds is 8. The van der Waals surface area contributed by atoms with Crippen LogP contribution in [0.3, 0.4) is 0 Å². The molecule has 132 valence electrons. The minimum atomic E-state index is -3.83. The Hall–Kier alpha value is -1.93. The monoisotopic (exact) mass is 354 g/mol. The lowest BCUT2D eigenvalue weighted by atomic mass is 10.2. The number of carbonyl (C=O) groups excluding carboxylic acids is 2. The zero-order chi connectivity index (χ0) is 17.7. The Labute approximate surface area is 142 Å². The standard InChI is InChI=1S/C16H23N3O4S/c1-3-18(4-2)12-10-17-15(20)9-11-19-16(21)13-7-5-6-8-14(13)24(19,22)23/h5-8H,3-4,9-12H2,1-2H3,(H,17,20)/p+1. The summed E-state index contributed by atoms with van der Waals surface area (Å²) in [5, 5.41) is 2.78. The quantitative estimate of drug-likeness (QED) is 0.644. The molecule has 0 saturated heterocycles. The Morgan fingerprint density at radius 1 is 1.21 bits per heavy atom. The fourth-order valence-corrected chi connectivity index (χ4v) is 4.30. The van der Waals surface area contributed by atoms with E-state index in [0.29, 0.717) is 6.54 Å². The zero-order valence-electron chi connectivity index (χ0n) is 14.0. The van der Waals surface area contributed by atoms with Gasteiger partial charge in [0.1, 0.15) is 4.90 Å². The van der Waals surface area contributed by atoms with Gasteiger partial charge in [0, 0.05) is 13.0 Å². The van der Waals surface area contributed by atoms with E-state index in [2.05, 4.69) is 19.2 Å². The number of sulfonamides is 1. The van der Waals surface area contributed by atoms with Crippen molar-refractivity contribution in [3.63, 3.8) is 0 Å². The number of hydrogen-bond acceptors (Lipinski definition) is 4. The van der Waals surface area contributed by atoms with E-state index in [1.54, 1.807) is 12.1 Å². The van der Waals surface area contributed by atoms with Crippen molar-refractivity contribution in [3.05, 3.63) is 29.8 Å². The van der Waals surface area contributed by atoms with Crippen molar-refractivity contribution >= 4 is 21.8 Å². The number of nitrogens with zero attached hydrogens (tertiary/aromatic N) is 1. The van der Waals surface area contributed by atoms with Crippen molar-refractivity contribution in [2.75, 3.05) is 32.7 Å². The van der Waals surface area contributed by atoms with Gasteiger partial charge < -0.3 is 10.2 Å². The van der Waals surface area contributed by atoms with Crippen LogP contribution in [0.4, 0.5) is 0 Å². The summed E-state index contributed by atoms with van der Waals surface area (Å²) in [5.74, 6) is -0.813. The second-order valence-electron chi connectivity index (χ2n) is 5.69. The summed E-state index contributed by atoms with van der Waals surface area (Å²) < 4.78 is 25.5. The summed E-state index contributed by atoms with van der Waals surface area (Å²) in [5.41, 5.74) is 0.169. The van der Waals surface area contributed by atoms with Gasteiger partial charge in [0.15, 0.2) is 0 Å². The van der Waals surface area contributed by atoms with Crippen molar-refractivity contribution in [2.45, 2.75) is 25.2 Å². The molecule has 24 heavy (non-hydrogen) atoms. The first-order valence-electron chi connectivity index (χ1n) is 8.18.